The highest BCUT2D eigenvalue weighted by atomic mass is 35.5. The maximum atomic E-state index is 6.05. The van der Waals surface area contributed by atoms with E-state index in [-0.39, 0.29) is 0 Å². The van der Waals surface area contributed by atoms with Crippen LogP contribution in [-0.2, 0) is 6.67 Å². The molecule has 0 unspecified atom stereocenters. The first-order valence-corrected chi connectivity index (χ1v) is 9.45. The maximum absolute atomic E-state index is 6.05. The van der Waals surface area contributed by atoms with Crippen LogP contribution >= 0.6 is 23.8 Å². The number of quaternary nitrogens is 1. The van der Waals surface area contributed by atoms with Crippen LogP contribution in [0.2, 0.25) is 5.02 Å². The Morgan fingerprint density at radius 1 is 1.08 bits per heavy atom. The minimum atomic E-state index is 0.401. The molecule has 0 aliphatic carbocycles. The predicted octanol–water partition coefficient (Wildman–Crippen LogP) is 2.89. The number of hydrogen-bond acceptors (Lipinski definition) is 4. The highest BCUT2D eigenvalue weighted by Gasteiger charge is 2.21. The van der Waals surface area contributed by atoms with Gasteiger partial charge in [-0.05, 0) is 42.5 Å². The van der Waals surface area contributed by atoms with Crippen molar-refractivity contribution in [1.82, 2.24) is 9.78 Å². The number of aromatic nitrogens is 2. The number of para-hydroxylation sites is 1. The summed E-state index contributed by atoms with van der Waals surface area (Å²) in [6, 6.07) is 18.0. The molecule has 0 radical (unpaired) electrons. The first-order chi connectivity index (χ1) is 12.7. The van der Waals surface area contributed by atoms with E-state index in [0.717, 1.165) is 31.7 Å². The van der Waals surface area contributed by atoms with Gasteiger partial charge in [-0.15, -0.1) is 5.10 Å². The molecule has 2 heterocycles. The summed E-state index contributed by atoms with van der Waals surface area (Å²) in [4.78, 5) is 4.26. The van der Waals surface area contributed by atoms with Crippen molar-refractivity contribution in [3.05, 3.63) is 64.5 Å². The van der Waals surface area contributed by atoms with E-state index < -0.39 is 0 Å². The van der Waals surface area contributed by atoms with E-state index in [0.29, 0.717) is 22.4 Å². The molecular formula is C19H20ClN4OS+. The monoisotopic (exact) mass is 387 g/mol. The molecule has 4 rings (SSSR count). The molecule has 0 bridgehead atoms. The third-order valence-electron chi connectivity index (χ3n) is 4.64. The van der Waals surface area contributed by atoms with Gasteiger partial charge in [0.2, 0.25) is 5.89 Å². The standard InChI is InChI=1S/C19H19ClN4OS/c20-16-6-4-5-15(13-16)18-21-24(19(26)25-18)14-22-9-11-23(12-10-22)17-7-2-1-3-8-17/h1-8,13H,9-12,14H2/p+1. The zero-order valence-electron chi connectivity index (χ0n) is 14.3. The molecule has 0 saturated carbocycles. The Kier molecular flexibility index (Phi) is 5.06. The van der Waals surface area contributed by atoms with Crippen LogP contribution in [0.3, 0.4) is 0 Å². The Hall–Kier alpha value is -2.15. The van der Waals surface area contributed by atoms with Crippen LogP contribution in [0.4, 0.5) is 5.69 Å². The molecule has 5 nitrogen and oxygen atoms in total. The second kappa shape index (κ2) is 7.61. The number of hydrogen-bond donors (Lipinski definition) is 1. The van der Waals surface area contributed by atoms with Crippen molar-refractivity contribution in [2.45, 2.75) is 6.67 Å². The molecule has 2 aromatic carbocycles. The highest BCUT2D eigenvalue weighted by Crippen LogP contribution is 2.21. The molecule has 1 fully saturated rings. The average Bonchev–Trinajstić information content (AvgIpc) is 3.04. The van der Waals surface area contributed by atoms with Crippen molar-refractivity contribution in [2.75, 3.05) is 31.1 Å². The van der Waals surface area contributed by atoms with Gasteiger partial charge in [-0.2, -0.15) is 4.68 Å². The number of benzene rings is 2. The van der Waals surface area contributed by atoms with Crippen LogP contribution in [-0.4, -0.2) is 36.0 Å². The van der Waals surface area contributed by atoms with Crippen LogP contribution in [0.1, 0.15) is 0 Å². The Morgan fingerprint density at radius 2 is 1.85 bits per heavy atom. The minimum Gasteiger partial charge on any atom is -0.409 e. The van der Waals surface area contributed by atoms with Gasteiger partial charge in [-0.3, -0.25) is 0 Å². The fourth-order valence-corrected chi connectivity index (χ4v) is 3.61. The normalized spacial score (nSPS) is 15.3. The van der Waals surface area contributed by atoms with E-state index in [4.69, 9.17) is 28.2 Å². The summed E-state index contributed by atoms with van der Waals surface area (Å²) < 4.78 is 7.45. The molecule has 1 N–H and O–H groups in total. The summed E-state index contributed by atoms with van der Waals surface area (Å²) in [5.41, 5.74) is 2.12. The second-order valence-corrected chi connectivity index (χ2v) is 7.20. The van der Waals surface area contributed by atoms with Gasteiger partial charge in [-0.1, -0.05) is 35.9 Å². The van der Waals surface area contributed by atoms with Crippen LogP contribution in [0, 0.1) is 4.84 Å². The molecule has 0 amide bonds. The molecule has 0 spiro atoms. The minimum absolute atomic E-state index is 0.401. The number of anilines is 1. The molecule has 1 aliphatic rings. The molecule has 1 aromatic heterocycles. The molecule has 7 heteroatoms. The summed E-state index contributed by atoms with van der Waals surface area (Å²) in [5, 5.41) is 5.20. The van der Waals surface area contributed by atoms with Crippen molar-refractivity contribution in [3.8, 4) is 11.5 Å². The van der Waals surface area contributed by atoms with Gasteiger partial charge in [0.05, 0.1) is 26.2 Å². The lowest BCUT2D eigenvalue weighted by Crippen LogP contribution is -3.14. The lowest BCUT2D eigenvalue weighted by molar-refractivity contribution is -0.924. The number of nitrogens with one attached hydrogen (secondary N) is 1. The van der Waals surface area contributed by atoms with Gasteiger partial charge in [0.25, 0.3) is 4.84 Å². The number of nitrogens with zero attached hydrogens (tertiary/aromatic N) is 3. The average molecular weight is 388 g/mol. The van der Waals surface area contributed by atoms with Gasteiger partial charge in [-0.25, -0.2) is 0 Å². The quantitative estimate of drug-likeness (QED) is 0.699. The maximum Gasteiger partial charge on any atom is 0.292 e. The molecule has 134 valence electrons. The fourth-order valence-electron chi connectivity index (χ4n) is 3.23. The van der Waals surface area contributed by atoms with Crippen molar-refractivity contribution < 1.29 is 9.32 Å². The van der Waals surface area contributed by atoms with E-state index >= 15 is 0 Å². The third kappa shape index (κ3) is 3.82. The van der Waals surface area contributed by atoms with Gasteiger partial charge >= 0.3 is 0 Å². The highest BCUT2D eigenvalue weighted by molar-refractivity contribution is 7.71. The smallest absolute Gasteiger partial charge is 0.292 e. The van der Waals surface area contributed by atoms with Gasteiger partial charge in [0.15, 0.2) is 6.67 Å². The molecule has 26 heavy (non-hydrogen) atoms. The topological polar surface area (TPSA) is 38.6 Å². The van der Waals surface area contributed by atoms with Crippen molar-refractivity contribution in [2.24, 2.45) is 0 Å². The van der Waals surface area contributed by atoms with Crippen LogP contribution < -0.4 is 9.80 Å². The Bertz CT molecular complexity index is 932. The van der Waals surface area contributed by atoms with Crippen molar-refractivity contribution in [3.63, 3.8) is 0 Å². The summed E-state index contributed by atoms with van der Waals surface area (Å²) in [6.45, 7) is 4.83. The predicted molar refractivity (Wildman–Crippen MR) is 105 cm³/mol. The van der Waals surface area contributed by atoms with Gasteiger partial charge < -0.3 is 14.2 Å². The van der Waals surface area contributed by atoms with Gasteiger partial charge in [0, 0.05) is 16.3 Å². The fraction of sp³-hybridized carbons (Fsp3) is 0.263. The molecule has 0 atom stereocenters. The number of halogens is 1. The van der Waals surface area contributed by atoms with E-state index in [2.05, 4.69) is 40.3 Å². The summed E-state index contributed by atoms with van der Waals surface area (Å²) in [6.07, 6.45) is 0. The largest absolute Gasteiger partial charge is 0.409 e. The van der Waals surface area contributed by atoms with Crippen molar-refractivity contribution >= 4 is 29.5 Å². The lowest BCUT2D eigenvalue weighted by atomic mass is 10.2. The Balaban J connectivity index is 1.42. The van der Waals surface area contributed by atoms with Gasteiger partial charge in [0.1, 0.15) is 0 Å². The van der Waals surface area contributed by atoms with Crippen LogP contribution in [0.15, 0.2) is 59.0 Å². The first kappa shape index (κ1) is 17.3. The van der Waals surface area contributed by atoms with E-state index in [9.17, 15) is 0 Å². The molecule has 1 saturated heterocycles. The first-order valence-electron chi connectivity index (χ1n) is 8.66. The SMILES string of the molecule is S=c1oc(-c2cccc(Cl)c2)nn1C[NH+]1CCN(c2ccccc2)CC1. The summed E-state index contributed by atoms with van der Waals surface area (Å²) in [7, 11) is 0. The third-order valence-corrected chi connectivity index (χ3v) is 5.17. The summed E-state index contributed by atoms with van der Waals surface area (Å²) in [5.74, 6) is 0.514. The van der Waals surface area contributed by atoms with E-state index in [1.54, 1.807) is 4.68 Å². The Labute approximate surface area is 162 Å². The van der Waals surface area contributed by atoms with E-state index in [1.165, 1.54) is 10.6 Å². The summed E-state index contributed by atoms with van der Waals surface area (Å²) >= 11 is 11.4. The van der Waals surface area contributed by atoms with Crippen LogP contribution in [0.5, 0.6) is 0 Å². The van der Waals surface area contributed by atoms with Crippen LogP contribution in [0.25, 0.3) is 11.5 Å². The zero-order chi connectivity index (χ0) is 17.9. The lowest BCUT2D eigenvalue weighted by Gasteiger charge is -2.33. The molecular weight excluding hydrogens is 368 g/mol. The molecule has 3 aromatic rings. The molecule has 1 aliphatic heterocycles. The van der Waals surface area contributed by atoms with E-state index in [1.807, 2.05) is 24.3 Å². The Morgan fingerprint density at radius 3 is 2.58 bits per heavy atom. The number of rotatable bonds is 4. The number of piperazine rings is 1. The van der Waals surface area contributed by atoms with Crippen molar-refractivity contribution in [1.29, 1.82) is 0 Å². The second-order valence-electron chi connectivity index (χ2n) is 6.41. The zero-order valence-corrected chi connectivity index (χ0v) is 15.8.